The van der Waals surface area contributed by atoms with E-state index in [2.05, 4.69) is 5.32 Å². The molecule has 4 nitrogen and oxygen atoms in total. The molecule has 0 spiro atoms. The normalized spacial score (nSPS) is 12.4. The standard InChI is InChI=1S/C17H19F3N2O2.ClH/c1-2-4-15(11-5-3-6-13(7-11)17(18,19)20)22-16(23)12-8-14(9-21)24-10-12;/h3,5-8,10,15H,2,4,9,21H2,1H3,(H,22,23);1H. The van der Waals surface area contributed by atoms with Crippen LogP contribution in [0.25, 0.3) is 0 Å². The SMILES string of the molecule is CCCC(NC(=O)c1coc(CN)c1)c1cccc(C(F)(F)F)c1.Cl. The molecule has 0 aliphatic rings. The van der Waals surface area contributed by atoms with Gasteiger partial charge in [-0.15, -0.1) is 12.4 Å². The summed E-state index contributed by atoms with van der Waals surface area (Å²) in [4.78, 5) is 12.3. The Morgan fingerprint density at radius 2 is 2.04 bits per heavy atom. The van der Waals surface area contributed by atoms with Crippen LogP contribution in [0.5, 0.6) is 0 Å². The molecular formula is C17H20ClF3N2O2. The molecule has 0 saturated heterocycles. The maximum Gasteiger partial charge on any atom is 0.416 e. The van der Waals surface area contributed by atoms with Gasteiger partial charge in [-0.05, 0) is 30.2 Å². The number of hydrogen-bond acceptors (Lipinski definition) is 3. The summed E-state index contributed by atoms with van der Waals surface area (Å²) in [6, 6.07) is 6.01. The predicted octanol–water partition coefficient (Wildman–Crippen LogP) is 4.45. The highest BCUT2D eigenvalue weighted by atomic mass is 35.5. The van der Waals surface area contributed by atoms with Crippen molar-refractivity contribution < 1.29 is 22.4 Å². The van der Waals surface area contributed by atoms with Crippen LogP contribution in [0.2, 0.25) is 0 Å². The number of nitrogens with two attached hydrogens (primary N) is 1. The maximum atomic E-state index is 12.9. The number of furan rings is 1. The van der Waals surface area contributed by atoms with Gasteiger partial charge in [-0.2, -0.15) is 13.2 Å². The van der Waals surface area contributed by atoms with Gasteiger partial charge in [0.15, 0.2) is 0 Å². The zero-order valence-electron chi connectivity index (χ0n) is 13.6. The Morgan fingerprint density at radius 3 is 2.60 bits per heavy atom. The summed E-state index contributed by atoms with van der Waals surface area (Å²) in [5.74, 6) is 0.0561. The van der Waals surface area contributed by atoms with Crippen molar-refractivity contribution in [3.8, 4) is 0 Å². The van der Waals surface area contributed by atoms with E-state index in [9.17, 15) is 18.0 Å². The van der Waals surface area contributed by atoms with Crippen LogP contribution < -0.4 is 11.1 Å². The summed E-state index contributed by atoms with van der Waals surface area (Å²) in [5.41, 5.74) is 5.41. The molecule has 1 heterocycles. The molecule has 1 unspecified atom stereocenters. The van der Waals surface area contributed by atoms with Crippen molar-refractivity contribution in [3.05, 3.63) is 59.0 Å². The lowest BCUT2D eigenvalue weighted by Gasteiger charge is -2.19. The van der Waals surface area contributed by atoms with Gasteiger partial charge >= 0.3 is 6.18 Å². The molecule has 25 heavy (non-hydrogen) atoms. The van der Waals surface area contributed by atoms with Gasteiger partial charge in [-0.1, -0.05) is 25.5 Å². The van der Waals surface area contributed by atoms with Crippen LogP contribution in [0, 0.1) is 0 Å². The third-order valence-corrected chi connectivity index (χ3v) is 3.62. The zero-order valence-corrected chi connectivity index (χ0v) is 14.4. The van der Waals surface area contributed by atoms with E-state index in [1.54, 1.807) is 6.07 Å². The summed E-state index contributed by atoms with van der Waals surface area (Å²) in [6.07, 6.45) is -1.90. The van der Waals surface area contributed by atoms with E-state index >= 15 is 0 Å². The molecule has 3 N–H and O–H groups in total. The number of nitrogens with one attached hydrogen (secondary N) is 1. The van der Waals surface area contributed by atoms with E-state index < -0.39 is 23.7 Å². The largest absolute Gasteiger partial charge is 0.467 e. The molecule has 0 bridgehead atoms. The number of hydrogen-bond donors (Lipinski definition) is 2. The van der Waals surface area contributed by atoms with Crippen molar-refractivity contribution in [1.29, 1.82) is 0 Å². The van der Waals surface area contributed by atoms with Crippen molar-refractivity contribution in [2.75, 3.05) is 0 Å². The van der Waals surface area contributed by atoms with Crippen molar-refractivity contribution in [2.24, 2.45) is 5.73 Å². The van der Waals surface area contributed by atoms with Gasteiger partial charge < -0.3 is 15.5 Å². The van der Waals surface area contributed by atoms with Crippen molar-refractivity contribution in [1.82, 2.24) is 5.32 Å². The minimum absolute atomic E-state index is 0. The maximum absolute atomic E-state index is 12.9. The molecule has 0 radical (unpaired) electrons. The molecular weight excluding hydrogens is 357 g/mol. The highest BCUT2D eigenvalue weighted by Crippen LogP contribution is 2.31. The summed E-state index contributed by atoms with van der Waals surface area (Å²) < 4.78 is 43.7. The average Bonchev–Trinajstić information content (AvgIpc) is 3.03. The van der Waals surface area contributed by atoms with Gasteiger partial charge in [0.05, 0.1) is 23.7 Å². The minimum Gasteiger partial charge on any atom is -0.467 e. The Bertz CT molecular complexity index is 701. The van der Waals surface area contributed by atoms with E-state index in [0.29, 0.717) is 29.7 Å². The fraction of sp³-hybridized carbons (Fsp3) is 0.353. The molecule has 0 saturated carbocycles. The molecule has 138 valence electrons. The fourth-order valence-electron chi connectivity index (χ4n) is 2.39. The fourth-order valence-corrected chi connectivity index (χ4v) is 2.39. The molecule has 1 amide bonds. The van der Waals surface area contributed by atoms with Crippen LogP contribution in [0.3, 0.4) is 0 Å². The number of amides is 1. The first-order chi connectivity index (χ1) is 11.3. The summed E-state index contributed by atoms with van der Waals surface area (Å²) in [5, 5.41) is 2.76. The lowest BCUT2D eigenvalue weighted by Crippen LogP contribution is -2.28. The summed E-state index contributed by atoms with van der Waals surface area (Å²) in [6.45, 7) is 2.07. The predicted molar refractivity (Wildman–Crippen MR) is 90.4 cm³/mol. The number of halogens is 4. The smallest absolute Gasteiger partial charge is 0.416 e. The Labute approximate surface area is 150 Å². The van der Waals surface area contributed by atoms with Crippen LogP contribution in [0.4, 0.5) is 13.2 Å². The molecule has 0 fully saturated rings. The molecule has 0 aliphatic heterocycles. The summed E-state index contributed by atoms with van der Waals surface area (Å²) >= 11 is 0. The van der Waals surface area contributed by atoms with E-state index in [1.165, 1.54) is 18.4 Å². The lowest BCUT2D eigenvalue weighted by molar-refractivity contribution is -0.137. The Balaban J connectivity index is 0.00000312. The van der Waals surface area contributed by atoms with Gasteiger partial charge in [0.2, 0.25) is 0 Å². The Morgan fingerprint density at radius 1 is 1.32 bits per heavy atom. The van der Waals surface area contributed by atoms with Gasteiger partial charge in [-0.25, -0.2) is 0 Å². The second-order valence-electron chi connectivity index (χ2n) is 5.44. The Kier molecular flexibility index (Phi) is 7.51. The van der Waals surface area contributed by atoms with E-state index in [-0.39, 0.29) is 19.0 Å². The van der Waals surface area contributed by atoms with E-state index in [4.69, 9.17) is 10.2 Å². The third kappa shape index (κ3) is 5.51. The van der Waals surface area contributed by atoms with Crippen molar-refractivity contribution in [3.63, 3.8) is 0 Å². The second-order valence-corrected chi connectivity index (χ2v) is 5.44. The van der Waals surface area contributed by atoms with Gasteiger partial charge in [0.1, 0.15) is 12.0 Å². The quantitative estimate of drug-likeness (QED) is 0.782. The molecule has 8 heteroatoms. The van der Waals surface area contributed by atoms with Crippen LogP contribution in [0.15, 0.2) is 41.0 Å². The number of carbonyl (C=O) groups excluding carboxylic acids is 1. The van der Waals surface area contributed by atoms with Crippen molar-refractivity contribution >= 4 is 18.3 Å². The van der Waals surface area contributed by atoms with Crippen molar-refractivity contribution in [2.45, 2.75) is 38.5 Å². The van der Waals surface area contributed by atoms with Gasteiger partial charge in [0.25, 0.3) is 5.91 Å². The second kappa shape index (κ2) is 8.92. The highest BCUT2D eigenvalue weighted by Gasteiger charge is 2.31. The molecule has 2 aromatic rings. The molecule has 2 rings (SSSR count). The van der Waals surface area contributed by atoms with E-state index in [0.717, 1.165) is 12.1 Å². The molecule has 1 aromatic heterocycles. The van der Waals surface area contributed by atoms with Crippen LogP contribution >= 0.6 is 12.4 Å². The number of carbonyl (C=O) groups is 1. The highest BCUT2D eigenvalue weighted by molar-refractivity contribution is 5.94. The monoisotopic (exact) mass is 376 g/mol. The van der Waals surface area contributed by atoms with E-state index in [1.807, 2.05) is 6.92 Å². The lowest BCUT2D eigenvalue weighted by atomic mass is 9.99. The van der Waals surface area contributed by atoms with Crippen LogP contribution in [-0.4, -0.2) is 5.91 Å². The molecule has 1 atom stereocenters. The first-order valence-corrected chi connectivity index (χ1v) is 7.60. The van der Waals surface area contributed by atoms with Gasteiger partial charge in [0, 0.05) is 0 Å². The minimum atomic E-state index is -4.42. The zero-order chi connectivity index (χ0) is 17.7. The topological polar surface area (TPSA) is 68.3 Å². The number of rotatable bonds is 6. The third-order valence-electron chi connectivity index (χ3n) is 3.62. The average molecular weight is 377 g/mol. The first-order valence-electron chi connectivity index (χ1n) is 7.60. The summed E-state index contributed by atoms with van der Waals surface area (Å²) in [7, 11) is 0. The van der Waals surface area contributed by atoms with Crippen LogP contribution in [-0.2, 0) is 12.7 Å². The molecule has 1 aromatic carbocycles. The first kappa shape index (κ1) is 21.1. The van der Waals surface area contributed by atoms with Crippen LogP contribution in [0.1, 0.15) is 53.1 Å². The van der Waals surface area contributed by atoms with Gasteiger partial charge in [-0.3, -0.25) is 4.79 Å². The molecule has 0 aliphatic carbocycles. The number of alkyl halides is 3. The Hall–Kier alpha value is -1.99. The number of benzene rings is 1.